The number of esters is 1. The van der Waals surface area contributed by atoms with E-state index in [0.717, 1.165) is 12.8 Å². The Morgan fingerprint density at radius 2 is 2.33 bits per heavy atom. The van der Waals surface area contributed by atoms with Crippen molar-refractivity contribution in [1.82, 2.24) is 0 Å². The summed E-state index contributed by atoms with van der Waals surface area (Å²) in [7, 11) is 0. The number of aliphatic hydroxyl groups is 1. The molecule has 0 aromatic heterocycles. The molecule has 5 nitrogen and oxygen atoms in total. The molecule has 0 aromatic carbocycles. The molecule has 0 fully saturated rings. The van der Waals surface area contributed by atoms with Crippen molar-refractivity contribution in [3.63, 3.8) is 0 Å². The van der Waals surface area contributed by atoms with Crippen LogP contribution < -0.4 is 0 Å². The Balaban J connectivity index is 2.64. The van der Waals surface area contributed by atoms with Crippen molar-refractivity contribution < 1.29 is 24.2 Å². The predicted molar refractivity (Wildman–Crippen MR) is 64.7 cm³/mol. The zero-order valence-corrected chi connectivity index (χ0v) is 10.6. The van der Waals surface area contributed by atoms with E-state index in [1.165, 1.54) is 19.1 Å². The van der Waals surface area contributed by atoms with E-state index in [-0.39, 0.29) is 12.2 Å². The maximum atomic E-state index is 11.6. The Morgan fingerprint density at radius 3 is 2.94 bits per heavy atom. The number of ketones is 1. The summed E-state index contributed by atoms with van der Waals surface area (Å²) in [4.78, 5) is 23.2. The molecule has 18 heavy (non-hydrogen) atoms. The molecule has 0 amide bonds. The predicted octanol–water partition coefficient (Wildman–Crippen LogP) is 1.12. The number of hydrogen-bond acceptors (Lipinski definition) is 5. The normalized spacial score (nSPS) is 27.1. The number of unbranched alkanes of at least 4 members (excludes halogenated alkanes) is 1. The fourth-order valence-corrected chi connectivity index (χ4v) is 1.41. The number of ether oxygens (including phenoxy) is 2. The lowest BCUT2D eigenvalue weighted by Crippen LogP contribution is -2.42. The van der Waals surface area contributed by atoms with Gasteiger partial charge in [0, 0.05) is 0 Å². The molecule has 0 aromatic rings. The van der Waals surface area contributed by atoms with Crippen LogP contribution >= 0.6 is 0 Å². The molecule has 100 valence electrons. The maximum absolute atomic E-state index is 11.6. The van der Waals surface area contributed by atoms with Gasteiger partial charge in [-0.05, 0) is 25.5 Å². The third-order valence-corrected chi connectivity index (χ3v) is 2.48. The van der Waals surface area contributed by atoms with Gasteiger partial charge in [-0.15, -0.1) is 0 Å². The smallest absolute Gasteiger partial charge is 0.336 e. The highest BCUT2D eigenvalue weighted by atomic mass is 16.6. The lowest BCUT2D eigenvalue weighted by atomic mass is 10.0. The van der Waals surface area contributed by atoms with Gasteiger partial charge < -0.3 is 14.6 Å². The lowest BCUT2D eigenvalue weighted by molar-refractivity contribution is -0.187. The Morgan fingerprint density at radius 1 is 1.67 bits per heavy atom. The minimum atomic E-state index is -1.58. The van der Waals surface area contributed by atoms with E-state index in [0.29, 0.717) is 0 Å². The van der Waals surface area contributed by atoms with Crippen LogP contribution in [-0.4, -0.2) is 35.4 Å². The summed E-state index contributed by atoms with van der Waals surface area (Å²) in [6, 6.07) is 0. The third kappa shape index (κ3) is 3.78. The van der Waals surface area contributed by atoms with Crippen molar-refractivity contribution in [3.05, 3.63) is 24.3 Å². The van der Waals surface area contributed by atoms with Crippen LogP contribution in [0.4, 0.5) is 0 Å². The largest absolute Gasteiger partial charge is 0.462 e. The van der Waals surface area contributed by atoms with Crippen LogP contribution in [0.2, 0.25) is 0 Å². The van der Waals surface area contributed by atoms with E-state index >= 15 is 0 Å². The average Bonchev–Trinajstić information content (AvgIpc) is 2.31. The average molecular weight is 254 g/mol. The van der Waals surface area contributed by atoms with Crippen LogP contribution in [0, 0.1) is 0 Å². The van der Waals surface area contributed by atoms with Crippen LogP contribution in [0.1, 0.15) is 26.7 Å². The Kier molecular flexibility index (Phi) is 4.81. The number of rotatable bonds is 5. The molecule has 1 heterocycles. The van der Waals surface area contributed by atoms with Crippen molar-refractivity contribution in [2.75, 3.05) is 6.61 Å². The molecule has 1 N–H and O–H groups in total. The van der Waals surface area contributed by atoms with Crippen LogP contribution in [0.5, 0.6) is 0 Å². The van der Waals surface area contributed by atoms with E-state index in [1.54, 1.807) is 0 Å². The minimum absolute atomic E-state index is 0.0965. The van der Waals surface area contributed by atoms with Crippen LogP contribution in [0.25, 0.3) is 0 Å². The molecule has 0 spiro atoms. The molecule has 5 heteroatoms. The van der Waals surface area contributed by atoms with Gasteiger partial charge in [0.2, 0.25) is 0 Å². The van der Waals surface area contributed by atoms with Gasteiger partial charge in [0.05, 0.1) is 12.2 Å². The lowest BCUT2D eigenvalue weighted by Gasteiger charge is -2.29. The second-order valence-electron chi connectivity index (χ2n) is 4.30. The summed E-state index contributed by atoms with van der Waals surface area (Å²) in [6.45, 7) is 7.13. The molecule has 0 saturated heterocycles. The van der Waals surface area contributed by atoms with Gasteiger partial charge in [-0.1, -0.05) is 19.9 Å². The highest BCUT2D eigenvalue weighted by molar-refractivity contribution is 6.04. The van der Waals surface area contributed by atoms with Gasteiger partial charge in [-0.3, -0.25) is 4.79 Å². The Labute approximate surface area is 106 Å². The first-order valence-corrected chi connectivity index (χ1v) is 5.86. The Hall–Kier alpha value is -1.46. The van der Waals surface area contributed by atoms with Gasteiger partial charge in [0.15, 0.2) is 17.7 Å². The highest BCUT2D eigenvalue weighted by Gasteiger charge is 2.36. The molecular weight excluding hydrogens is 236 g/mol. The van der Waals surface area contributed by atoms with Crippen molar-refractivity contribution >= 4 is 11.8 Å². The standard InChI is InChI=1S/C13H18O5/c1-4-5-8-17-12(15)9(2)11-10(14)6-7-13(3,16)18-11/h6-7,11,16H,2,4-5,8H2,1,3H3/t11-,13+/m0/s1. The van der Waals surface area contributed by atoms with Gasteiger partial charge in [-0.2, -0.15) is 0 Å². The van der Waals surface area contributed by atoms with E-state index in [2.05, 4.69) is 6.58 Å². The zero-order valence-electron chi connectivity index (χ0n) is 10.6. The maximum Gasteiger partial charge on any atom is 0.336 e. The summed E-state index contributed by atoms with van der Waals surface area (Å²) in [6.07, 6.45) is 2.87. The van der Waals surface area contributed by atoms with Gasteiger partial charge in [0.1, 0.15) is 0 Å². The molecule has 0 radical (unpaired) electrons. The van der Waals surface area contributed by atoms with Crippen LogP contribution in [-0.2, 0) is 19.1 Å². The number of carbonyl (C=O) groups is 2. The fraction of sp³-hybridized carbons (Fsp3) is 0.538. The third-order valence-electron chi connectivity index (χ3n) is 2.48. The molecule has 2 atom stereocenters. The molecule has 1 aliphatic heterocycles. The topological polar surface area (TPSA) is 72.8 Å². The minimum Gasteiger partial charge on any atom is -0.462 e. The van der Waals surface area contributed by atoms with Crippen LogP contribution in [0.3, 0.4) is 0 Å². The monoisotopic (exact) mass is 254 g/mol. The van der Waals surface area contributed by atoms with Crippen LogP contribution in [0.15, 0.2) is 24.3 Å². The van der Waals surface area contributed by atoms with Crippen molar-refractivity contribution in [1.29, 1.82) is 0 Å². The fourth-order valence-electron chi connectivity index (χ4n) is 1.41. The van der Waals surface area contributed by atoms with E-state index in [4.69, 9.17) is 9.47 Å². The number of carbonyl (C=O) groups excluding carboxylic acids is 2. The second kappa shape index (κ2) is 5.93. The first-order chi connectivity index (χ1) is 8.37. The van der Waals surface area contributed by atoms with E-state index in [9.17, 15) is 14.7 Å². The summed E-state index contributed by atoms with van der Waals surface area (Å²) in [5, 5.41) is 9.65. The summed E-state index contributed by atoms with van der Waals surface area (Å²) in [5.41, 5.74) is -0.0965. The van der Waals surface area contributed by atoms with Gasteiger partial charge in [-0.25, -0.2) is 4.79 Å². The molecule has 0 aliphatic carbocycles. The second-order valence-corrected chi connectivity index (χ2v) is 4.30. The molecule has 0 unspecified atom stereocenters. The molecular formula is C13H18O5. The summed E-state index contributed by atoms with van der Waals surface area (Å²) < 4.78 is 10.0. The molecule has 1 aliphatic rings. The highest BCUT2D eigenvalue weighted by Crippen LogP contribution is 2.22. The molecule has 0 saturated carbocycles. The van der Waals surface area contributed by atoms with Crippen molar-refractivity contribution in [2.45, 2.75) is 38.6 Å². The first-order valence-electron chi connectivity index (χ1n) is 5.86. The zero-order chi connectivity index (χ0) is 13.8. The first kappa shape index (κ1) is 14.6. The number of hydrogen-bond donors (Lipinski definition) is 1. The Bertz CT molecular complexity index is 381. The summed E-state index contributed by atoms with van der Waals surface area (Å²) >= 11 is 0. The quantitative estimate of drug-likeness (QED) is 0.452. The van der Waals surface area contributed by atoms with Gasteiger partial charge >= 0.3 is 5.97 Å². The van der Waals surface area contributed by atoms with E-state index < -0.39 is 23.6 Å². The van der Waals surface area contributed by atoms with Gasteiger partial charge in [0.25, 0.3) is 0 Å². The van der Waals surface area contributed by atoms with Crippen molar-refractivity contribution in [2.24, 2.45) is 0 Å². The molecule has 1 rings (SSSR count). The van der Waals surface area contributed by atoms with Crippen molar-refractivity contribution in [3.8, 4) is 0 Å². The molecule has 0 bridgehead atoms. The summed E-state index contributed by atoms with van der Waals surface area (Å²) in [5.74, 6) is -2.68. The SMILES string of the molecule is C=C(C(=O)OCCCC)[C@@H]1O[C@@](C)(O)C=CC1=O. The van der Waals surface area contributed by atoms with E-state index in [1.807, 2.05) is 6.92 Å².